The molecule has 3 rings (SSSR count). The third-order valence-corrected chi connectivity index (χ3v) is 6.42. The zero-order valence-electron chi connectivity index (χ0n) is 15.1. The predicted octanol–water partition coefficient (Wildman–Crippen LogP) is 2.02. The topological polar surface area (TPSA) is 69.6 Å². The van der Waals surface area contributed by atoms with Crippen LogP contribution in [0.3, 0.4) is 0 Å². The smallest absolute Gasteiger partial charge is 0.243 e. The molecule has 2 aromatic rings. The summed E-state index contributed by atoms with van der Waals surface area (Å²) in [5.41, 5.74) is 0.884. The summed E-state index contributed by atoms with van der Waals surface area (Å²) < 4.78 is 27.0. The maximum absolute atomic E-state index is 12.8. The van der Waals surface area contributed by atoms with Gasteiger partial charge in [0.1, 0.15) is 5.82 Å². The van der Waals surface area contributed by atoms with Crippen LogP contribution < -0.4 is 9.80 Å². The van der Waals surface area contributed by atoms with Crippen LogP contribution in [0.4, 0.5) is 11.8 Å². The Balaban J connectivity index is 1.74. The van der Waals surface area contributed by atoms with Crippen molar-refractivity contribution in [3.8, 4) is 0 Å². The van der Waals surface area contributed by atoms with E-state index in [1.54, 1.807) is 12.1 Å². The van der Waals surface area contributed by atoms with Gasteiger partial charge in [-0.25, -0.2) is 13.4 Å². The Kier molecular flexibility index (Phi) is 5.36. The first-order valence-electron chi connectivity index (χ1n) is 8.31. The van der Waals surface area contributed by atoms with Crippen molar-refractivity contribution < 1.29 is 8.42 Å². The first-order chi connectivity index (χ1) is 12.3. The number of aryl methyl sites for hydroxylation is 1. The van der Waals surface area contributed by atoms with Gasteiger partial charge in [0.25, 0.3) is 0 Å². The second kappa shape index (κ2) is 7.38. The number of hydrogen-bond donors (Lipinski definition) is 0. The van der Waals surface area contributed by atoms with E-state index >= 15 is 0 Å². The zero-order chi connectivity index (χ0) is 18.9. The lowest BCUT2D eigenvalue weighted by atomic mass is 10.3. The van der Waals surface area contributed by atoms with Crippen LogP contribution in [-0.4, -0.2) is 63.0 Å². The van der Waals surface area contributed by atoms with Crippen molar-refractivity contribution in [1.82, 2.24) is 14.3 Å². The summed E-state index contributed by atoms with van der Waals surface area (Å²) >= 11 is 5.85. The Morgan fingerprint density at radius 1 is 1.04 bits per heavy atom. The Bertz CT molecular complexity index is 879. The molecule has 1 aliphatic rings. The molecule has 0 aliphatic carbocycles. The SMILES string of the molecule is Cc1cc(N(C)C)nc(N2CCN(S(=O)(=O)c3ccc(Cl)cc3)CC2)n1. The van der Waals surface area contributed by atoms with Gasteiger partial charge in [0.05, 0.1) is 4.90 Å². The molecule has 7 nitrogen and oxygen atoms in total. The number of rotatable bonds is 4. The lowest BCUT2D eigenvalue weighted by Gasteiger charge is -2.34. The molecule has 140 valence electrons. The van der Waals surface area contributed by atoms with E-state index in [-0.39, 0.29) is 4.90 Å². The average molecular weight is 396 g/mol. The minimum absolute atomic E-state index is 0.261. The third kappa shape index (κ3) is 3.92. The lowest BCUT2D eigenvalue weighted by molar-refractivity contribution is 0.382. The summed E-state index contributed by atoms with van der Waals surface area (Å²) in [6.45, 7) is 3.80. The summed E-state index contributed by atoms with van der Waals surface area (Å²) in [6.07, 6.45) is 0. The van der Waals surface area contributed by atoms with E-state index in [2.05, 4.69) is 9.97 Å². The molecule has 9 heteroatoms. The molecule has 0 spiro atoms. The summed E-state index contributed by atoms with van der Waals surface area (Å²) in [5, 5.41) is 0.516. The van der Waals surface area contributed by atoms with Crippen molar-refractivity contribution in [3.05, 3.63) is 41.0 Å². The van der Waals surface area contributed by atoms with Gasteiger partial charge in [-0.1, -0.05) is 11.6 Å². The van der Waals surface area contributed by atoms with Crippen LogP contribution in [0, 0.1) is 6.92 Å². The van der Waals surface area contributed by atoms with Crippen molar-refractivity contribution >= 4 is 33.4 Å². The molecule has 1 saturated heterocycles. The number of aromatic nitrogens is 2. The van der Waals surface area contributed by atoms with Gasteiger partial charge in [-0.05, 0) is 31.2 Å². The fourth-order valence-electron chi connectivity index (χ4n) is 2.79. The van der Waals surface area contributed by atoms with Crippen molar-refractivity contribution in [2.24, 2.45) is 0 Å². The molecule has 0 N–H and O–H groups in total. The first-order valence-corrected chi connectivity index (χ1v) is 10.1. The molecule has 0 radical (unpaired) electrons. The highest BCUT2D eigenvalue weighted by Gasteiger charge is 2.29. The number of hydrogen-bond acceptors (Lipinski definition) is 6. The normalized spacial score (nSPS) is 15.9. The van der Waals surface area contributed by atoms with E-state index in [9.17, 15) is 8.42 Å². The molecule has 0 bridgehead atoms. The van der Waals surface area contributed by atoms with Crippen LogP contribution in [0.25, 0.3) is 0 Å². The van der Waals surface area contributed by atoms with Gasteiger partial charge in [0.2, 0.25) is 16.0 Å². The molecular formula is C17H22ClN5O2S. The Labute approximate surface area is 159 Å². The highest BCUT2D eigenvalue weighted by Crippen LogP contribution is 2.22. The third-order valence-electron chi connectivity index (χ3n) is 4.26. The molecule has 1 fully saturated rings. The van der Waals surface area contributed by atoms with E-state index in [1.807, 2.05) is 36.9 Å². The number of benzene rings is 1. The van der Waals surface area contributed by atoms with Gasteiger partial charge in [0, 0.05) is 57.1 Å². The standard InChI is InChI=1S/C17H22ClN5O2S/c1-13-12-16(21(2)3)20-17(19-13)22-8-10-23(11-9-22)26(24,25)15-6-4-14(18)5-7-15/h4-7,12H,8-11H2,1-3H3. The molecule has 0 unspecified atom stereocenters. The monoisotopic (exact) mass is 395 g/mol. The number of sulfonamides is 1. The molecular weight excluding hydrogens is 374 g/mol. The van der Waals surface area contributed by atoms with Crippen LogP contribution in [0.2, 0.25) is 5.02 Å². The van der Waals surface area contributed by atoms with Crippen molar-refractivity contribution in [2.75, 3.05) is 50.1 Å². The van der Waals surface area contributed by atoms with Crippen molar-refractivity contribution in [1.29, 1.82) is 0 Å². The quantitative estimate of drug-likeness (QED) is 0.788. The Morgan fingerprint density at radius 3 is 2.23 bits per heavy atom. The fraction of sp³-hybridized carbons (Fsp3) is 0.412. The van der Waals surface area contributed by atoms with Gasteiger partial charge >= 0.3 is 0 Å². The van der Waals surface area contributed by atoms with Crippen LogP contribution in [0.15, 0.2) is 35.2 Å². The molecule has 1 aromatic heterocycles. The second-order valence-electron chi connectivity index (χ2n) is 6.41. The molecule has 2 heterocycles. The molecule has 1 aromatic carbocycles. The van der Waals surface area contributed by atoms with E-state index < -0.39 is 10.0 Å². The van der Waals surface area contributed by atoms with E-state index in [0.717, 1.165) is 11.5 Å². The summed E-state index contributed by atoms with van der Waals surface area (Å²) in [4.78, 5) is 13.3. The summed E-state index contributed by atoms with van der Waals surface area (Å²) in [6, 6.07) is 8.18. The molecule has 0 atom stereocenters. The van der Waals surface area contributed by atoms with Crippen LogP contribution in [0.5, 0.6) is 0 Å². The Morgan fingerprint density at radius 2 is 1.65 bits per heavy atom. The van der Waals surface area contributed by atoms with Gasteiger partial charge in [-0.3, -0.25) is 0 Å². The second-order valence-corrected chi connectivity index (χ2v) is 8.78. The lowest BCUT2D eigenvalue weighted by Crippen LogP contribution is -2.49. The maximum Gasteiger partial charge on any atom is 0.243 e. The molecule has 26 heavy (non-hydrogen) atoms. The van der Waals surface area contributed by atoms with Gasteiger partial charge in [0.15, 0.2) is 0 Å². The molecule has 0 amide bonds. The van der Waals surface area contributed by atoms with E-state index in [1.165, 1.54) is 16.4 Å². The van der Waals surface area contributed by atoms with Gasteiger partial charge < -0.3 is 9.80 Å². The first kappa shape index (κ1) is 18.9. The minimum Gasteiger partial charge on any atom is -0.363 e. The number of piperazine rings is 1. The number of nitrogens with zero attached hydrogens (tertiary/aromatic N) is 5. The van der Waals surface area contributed by atoms with Crippen LogP contribution in [-0.2, 0) is 10.0 Å². The zero-order valence-corrected chi connectivity index (χ0v) is 16.6. The number of halogens is 1. The van der Waals surface area contributed by atoms with Crippen molar-refractivity contribution in [3.63, 3.8) is 0 Å². The largest absolute Gasteiger partial charge is 0.363 e. The van der Waals surface area contributed by atoms with Gasteiger partial charge in [-0.2, -0.15) is 9.29 Å². The average Bonchev–Trinajstić information content (AvgIpc) is 2.61. The van der Waals surface area contributed by atoms with Crippen LogP contribution >= 0.6 is 11.6 Å². The highest BCUT2D eigenvalue weighted by molar-refractivity contribution is 7.89. The van der Waals surface area contributed by atoms with E-state index in [4.69, 9.17) is 11.6 Å². The highest BCUT2D eigenvalue weighted by atomic mass is 35.5. The van der Waals surface area contributed by atoms with Crippen molar-refractivity contribution in [2.45, 2.75) is 11.8 Å². The predicted molar refractivity (Wildman–Crippen MR) is 104 cm³/mol. The van der Waals surface area contributed by atoms with Gasteiger partial charge in [-0.15, -0.1) is 0 Å². The molecule has 1 aliphatic heterocycles. The molecule has 0 saturated carbocycles. The maximum atomic E-state index is 12.8. The Hall–Kier alpha value is -1.90. The summed E-state index contributed by atoms with van der Waals surface area (Å²) in [7, 11) is 0.350. The van der Waals surface area contributed by atoms with E-state index in [0.29, 0.717) is 37.1 Å². The van der Waals surface area contributed by atoms with Crippen LogP contribution in [0.1, 0.15) is 5.69 Å². The fourth-order valence-corrected chi connectivity index (χ4v) is 4.34. The number of anilines is 2. The minimum atomic E-state index is -3.52. The summed E-state index contributed by atoms with van der Waals surface area (Å²) in [5.74, 6) is 1.47.